The molecule has 0 aliphatic carbocycles. The van der Waals surface area contributed by atoms with E-state index in [1.807, 2.05) is 66.7 Å². The van der Waals surface area contributed by atoms with Crippen molar-refractivity contribution in [3.05, 3.63) is 91.0 Å². The summed E-state index contributed by atoms with van der Waals surface area (Å²) in [5.41, 5.74) is 0. The average Bonchev–Trinajstić information content (AvgIpc) is 2.62. The molecule has 110 valence electrons. The third-order valence-electron chi connectivity index (χ3n) is 3.60. The molecule has 0 aliphatic heterocycles. The first kappa shape index (κ1) is 14.8. The van der Waals surface area contributed by atoms with Crippen LogP contribution in [0, 0.1) is 0 Å². The van der Waals surface area contributed by atoms with Gasteiger partial charge in [-0.15, -0.1) is 0 Å². The van der Waals surface area contributed by atoms with Gasteiger partial charge in [-0.1, -0.05) is 78.9 Å². The van der Waals surface area contributed by atoms with Crippen LogP contribution in [0.5, 0.6) is 5.75 Å². The Morgan fingerprint density at radius 1 is 0.591 bits per heavy atom. The summed E-state index contributed by atoms with van der Waals surface area (Å²) in [6.45, 7) is 0. The maximum Gasteiger partial charge on any atom is 0.457 e. The molecule has 0 aliphatic rings. The molecular formula is C18H18O2Si2. The lowest BCUT2D eigenvalue weighted by Gasteiger charge is -2.31. The molecule has 0 atom stereocenters. The van der Waals surface area contributed by atoms with Gasteiger partial charge in [-0.3, -0.25) is 0 Å². The zero-order chi connectivity index (χ0) is 15.3. The van der Waals surface area contributed by atoms with Crippen molar-refractivity contribution in [3.8, 4) is 5.75 Å². The Balaban J connectivity index is 2.13. The van der Waals surface area contributed by atoms with E-state index in [0.717, 1.165) is 16.1 Å². The Hall–Kier alpha value is -2.15. The van der Waals surface area contributed by atoms with E-state index in [2.05, 4.69) is 24.3 Å². The smallest absolute Gasteiger partial charge is 0.457 e. The molecule has 0 saturated carbocycles. The molecule has 0 heterocycles. The minimum absolute atomic E-state index is 0.613. The van der Waals surface area contributed by atoms with Crippen LogP contribution >= 0.6 is 0 Å². The molecule has 3 aromatic carbocycles. The summed E-state index contributed by atoms with van der Waals surface area (Å²) in [4.78, 5) is 0. The molecule has 3 rings (SSSR count). The molecule has 0 bridgehead atoms. The van der Waals surface area contributed by atoms with Crippen LogP contribution < -0.4 is 14.8 Å². The maximum absolute atomic E-state index is 6.47. The monoisotopic (exact) mass is 322 g/mol. The highest BCUT2D eigenvalue weighted by Crippen LogP contribution is 2.16. The lowest BCUT2D eigenvalue weighted by molar-refractivity contribution is 0.439. The van der Waals surface area contributed by atoms with Crippen molar-refractivity contribution < 1.29 is 8.54 Å². The normalized spacial score (nSPS) is 11.3. The fourth-order valence-electron chi connectivity index (χ4n) is 2.53. The molecular weight excluding hydrogens is 304 g/mol. The van der Waals surface area contributed by atoms with Gasteiger partial charge >= 0.3 is 8.56 Å². The van der Waals surface area contributed by atoms with Crippen molar-refractivity contribution in [2.75, 3.05) is 0 Å². The summed E-state index contributed by atoms with van der Waals surface area (Å²) in [5, 5.41) is 2.25. The van der Waals surface area contributed by atoms with Crippen molar-refractivity contribution in [2.24, 2.45) is 0 Å². The highest BCUT2D eigenvalue weighted by atomic mass is 28.4. The fraction of sp³-hybridized carbons (Fsp3) is 0. The van der Waals surface area contributed by atoms with Crippen LogP contribution in [-0.2, 0) is 4.12 Å². The fourth-order valence-corrected chi connectivity index (χ4v) is 7.05. The molecule has 22 heavy (non-hydrogen) atoms. The predicted octanol–water partition coefficient (Wildman–Crippen LogP) is 1.62. The largest absolute Gasteiger partial charge is 0.514 e. The van der Waals surface area contributed by atoms with E-state index in [0.29, 0.717) is 10.5 Å². The zero-order valence-electron chi connectivity index (χ0n) is 12.5. The molecule has 0 fully saturated rings. The first-order valence-electron chi connectivity index (χ1n) is 7.25. The topological polar surface area (TPSA) is 18.5 Å². The summed E-state index contributed by atoms with van der Waals surface area (Å²) in [6.07, 6.45) is 0. The summed E-state index contributed by atoms with van der Waals surface area (Å²) in [6, 6.07) is 30.5. The first-order chi connectivity index (χ1) is 10.8. The van der Waals surface area contributed by atoms with Crippen molar-refractivity contribution >= 4 is 29.4 Å². The molecule has 3 aromatic rings. The first-order valence-corrected chi connectivity index (χ1v) is 9.89. The molecule has 0 radical (unpaired) electrons. The quantitative estimate of drug-likeness (QED) is 0.665. The number of para-hydroxylation sites is 1. The van der Waals surface area contributed by atoms with E-state index < -0.39 is 8.56 Å². The van der Waals surface area contributed by atoms with Crippen LogP contribution in [0.1, 0.15) is 0 Å². The van der Waals surface area contributed by atoms with Gasteiger partial charge in [0.25, 0.3) is 0 Å². The van der Waals surface area contributed by atoms with E-state index in [-0.39, 0.29) is 0 Å². The van der Waals surface area contributed by atoms with E-state index in [4.69, 9.17) is 8.54 Å². The third-order valence-corrected chi connectivity index (χ3v) is 8.61. The van der Waals surface area contributed by atoms with Crippen LogP contribution in [0.2, 0.25) is 0 Å². The van der Waals surface area contributed by atoms with Crippen LogP contribution in [0.3, 0.4) is 0 Å². The van der Waals surface area contributed by atoms with Crippen molar-refractivity contribution in [3.63, 3.8) is 0 Å². The SMILES string of the molecule is [SiH3]O[Si](Oc1ccccc1)(c1ccccc1)c1ccccc1. The van der Waals surface area contributed by atoms with Gasteiger partial charge in [0.05, 0.1) is 0 Å². The Kier molecular flexibility index (Phi) is 4.53. The molecule has 0 N–H and O–H groups in total. The highest BCUT2D eigenvalue weighted by molar-refractivity contribution is 6.94. The second-order valence-electron chi connectivity index (χ2n) is 4.97. The van der Waals surface area contributed by atoms with Gasteiger partial charge in [0.1, 0.15) is 16.2 Å². The summed E-state index contributed by atoms with van der Waals surface area (Å²) >= 11 is 0. The molecule has 0 aromatic heterocycles. The molecule has 0 amide bonds. The molecule has 0 unspecified atom stereocenters. The number of hydrogen-bond donors (Lipinski definition) is 0. The van der Waals surface area contributed by atoms with E-state index >= 15 is 0 Å². The van der Waals surface area contributed by atoms with Gasteiger partial charge < -0.3 is 8.54 Å². The van der Waals surface area contributed by atoms with Gasteiger partial charge in [0.2, 0.25) is 0 Å². The molecule has 2 nitrogen and oxygen atoms in total. The molecule has 4 heteroatoms. The van der Waals surface area contributed by atoms with E-state index in [1.54, 1.807) is 0 Å². The number of hydrogen-bond acceptors (Lipinski definition) is 2. The van der Waals surface area contributed by atoms with Gasteiger partial charge in [-0.2, -0.15) is 0 Å². The van der Waals surface area contributed by atoms with Crippen molar-refractivity contribution in [2.45, 2.75) is 0 Å². The third kappa shape index (κ3) is 2.90. The van der Waals surface area contributed by atoms with Crippen LogP contribution in [0.25, 0.3) is 0 Å². The lowest BCUT2D eigenvalue weighted by atomic mass is 10.3. The number of rotatable bonds is 5. The lowest BCUT2D eigenvalue weighted by Crippen LogP contribution is -2.65. The van der Waals surface area contributed by atoms with Crippen LogP contribution in [-0.4, -0.2) is 19.0 Å². The summed E-state index contributed by atoms with van der Waals surface area (Å²) in [5.74, 6) is 0.845. The Bertz CT molecular complexity index is 663. The van der Waals surface area contributed by atoms with Crippen LogP contribution in [0.15, 0.2) is 91.0 Å². The Labute approximate surface area is 135 Å². The van der Waals surface area contributed by atoms with Gasteiger partial charge in [0, 0.05) is 10.4 Å². The molecule has 0 spiro atoms. The average molecular weight is 323 g/mol. The standard InChI is InChI=1S/C18H18O2Si2/c21-20-22(17-12-6-2-7-13-17,18-14-8-3-9-15-18)19-16-10-4-1-5-11-16/h1-15H,21H3. The number of benzene rings is 3. The summed E-state index contributed by atoms with van der Waals surface area (Å²) in [7, 11) is -2.09. The van der Waals surface area contributed by atoms with E-state index in [9.17, 15) is 0 Å². The van der Waals surface area contributed by atoms with Gasteiger partial charge in [0.15, 0.2) is 0 Å². The Morgan fingerprint density at radius 2 is 1.00 bits per heavy atom. The van der Waals surface area contributed by atoms with Gasteiger partial charge in [-0.05, 0) is 12.1 Å². The van der Waals surface area contributed by atoms with Crippen LogP contribution in [0.4, 0.5) is 0 Å². The van der Waals surface area contributed by atoms with Gasteiger partial charge in [-0.25, -0.2) is 0 Å². The second kappa shape index (κ2) is 6.74. The summed E-state index contributed by atoms with van der Waals surface area (Å²) < 4.78 is 12.6. The van der Waals surface area contributed by atoms with Crippen molar-refractivity contribution in [1.29, 1.82) is 0 Å². The van der Waals surface area contributed by atoms with E-state index in [1.165, 1.54) is 0 Å². The second-order valence-corrected chi connectivity index (χ2v) is 9.19. The minimum Gasteiger partial charge on any atom is -0.514 e. The highest BCUT2D eigenvalue weighted by Gasteiger charge is 2.43. The minimum atomic E-state index is -2.70. The van der Waals surface area contributed by atoms with Crippen molar-refractivity contribution in [1.82, 2.24) is 0 Å². The predicted molar refractivity (Wildman–Crippen MR) is 96.0 cm³/mol. The molecule has 0 saturated heterocycles. The Morgan fingerprint density at radius 3 is 1.41 bits per heavy atom. The maximum atomic E-state index is 6.47. The zero-order valence-corrected chi connectivity index (χ0v) is 15.5.